The number of benzene rings is 1. The summed E-state index contributed by atoms with van der Waals surface area (Å²) in [5.41, 5.74) is 0.548. The topological polar surface area (TPSA) is 50.4 Å². The van der Waals surface area contributed by atoms with Crippen molar-refractivity contribution in [3.63, 3.8) is 0 Å². The van der Waals surface area contributed by atoms with E-state index < -0.39 is 0 Å². The van der Waals surface area contributed by atoms with Crippen LogP contribution in [0.1, 0.15) is 35.5 Å². The van der Waals surface area contributed by atoms with Crippen molar-refractivity contribution < 1.29 is 9.53 Å². The minimum absolute atomic E-state index is 0.229. The zero-order valence-electron chi connectivity index (χ0n) is 13.9. The lowest BCUT2D eigenvalue weighted by Gasteiger charge is -2.10. The van der Waals surface area contributed by atoms with Gasteiger partial charge in [0.25, 0.3) is 5.91 Å². The van der Waals surface area contributed by atoms with Crippen molar-refractivity contribution in [3.8, 4) is 5.75 Å². The maximum Gasteiger partial charge on any atom is 0.257 e. The van der Waals surface area contributed by atoms with Crippen molar-refractivity contribution >= 4 is 34.6 Å². The van der Waals surface area contributed by atoms with Crippen molar-refractivity contribution in [1.29, 1.82) is 0 Å². The molecule has 1 amide bonds. The Hall–Kier alpha value is -1.92. The predicted molar refractivity (Wildman–Crippen MR) is 103 cm³/mol. The van der Waals surface area contributed by atoms with Gasteiger partial charge in [0.2, 0.25) is 0 Å². The number of thiophene rings is 1. The number of hydrogen-bond acceptors (Lipinski definition) is 4. The van der Waals surface area contributed by atoms with Gasteiger partial charge in [0.15, 0.2) is 5.11 Å². The van der Waals surface area contributed by atoms with Crippen molar-refractivity contribution in [1.82, 2.24) is 10.6 Å². The Morgan fingerprint density at radius 1 is 1.25 bits per heavy atom. The van der Waals surface area contributed by atoms with Gasteiger partial charge in [-0.1, -0.05) is 19.9 Å². The van der Waals surface area contributed by atoms with Crippen molar-refractivity contribution in [2.45, 2.75) is 26.8 Å². The Morgan fingerprint density at radius 2 is 2.00 bits per heavy atom. The third-order valence-electron chi connectivity index (χ3n) is 3.31. The van der Waals surface area contributed by atoms with Crippen LogP contribution < -0.4 is 15.4 Å². The lowest BCUT2D eigenvalue weighted by molar-refractivity contribution is 0.0976. The van der Waals surface area contributed by atoms with E-state index in [1.54, 1.807) is 35.6 Å². The standard InChI is InChI=1S/C18H22N2O2S2/c1-13(2)9-10-22-15-7-5-14(6-8-15)17(21)20-18(23)19-12-16-4-3-11-24-16/h3-8,11,13H,9-10,12H2,1-2H3,(H2,19,20,21,23). The van der Waals surface area contributed by atoms with Crippen LogP contribution in [0.15, 0.2) is 41.8 Å². The fourth-order valence-electron chi connectivity index (χ4n) is 1.92. The van der Waals surface area contributed by atoms with Gasteiger partial charge in [0.05, 0.1) is 13.2 Å². The lowest BCUT2D eigenvalue weighted by Crippen LogP contribution is -2.38. The first-order valence-electron chi connectivity index (χ1n) is 7.89. The molecule has 0 aliphatic carbocycles. The van der Waals surface area contributed by atoms with Crippen LogP contribution in [-0.2, 0) is 6.54 Å². The Labute approximate surface area is 152 Å². The number of amides is 1. The number of rotatable bonds is 7. The molecule has 1 aromatic carbocycles. The van der Waals surface area contributed by atoms with Gasteiger partial charge in [-0.05, 0) is 60.3 Å². The van der Waals surface area contributed by atoms with E-state index in [-0.39, 0.29) is 5.91 Å². The van der Waals surface area contributed by atoms with Gasteiger partial charge >= 0.3 is 0 Å². The van der Waals surface area contributed by atoms with Crippen LogP contribution in [0.4, 0.5) is 0 Å². The highest BCUT2D eigenvalue weighted by Gasteiger charge is 2.08. The summed E-state index contributed by atoms with van der Waals surface area (Å²) in [6.07, 6.45) is 1.01. The van der Waals surface area contributed by atoms with Gasteiger partial charge in [-0.2, -0.15) is 0 Å². The van der Waals surface area contributed by atoms with Crippen molar-refractivity contribution in [3.05, 3.63) is 52.2 Å². The molecule has 2 N–H and O–H groups in total. The van der Waals surface area contributed by atoms with Crippen LogP contribution in [-0.4, -0.2) is 17.6 Å². The molecule has 0 saturated carbocycles. The van der Waals surface area contributed by atoms with Crippen molar-refractivity contribution in [2.24, 2.45) is 5.92 Å². The fraction of sp³-hybridized carbons (Fsp3) is 0.333. The number of carbonyl (C=O) groups excluding carboxylic acids is 1. The van der Waals surface area contributed by atoms with E-state index >= 15 is 0 Å². The zero-order valence-corrected chi connectivity index (χ0v) is 15.5. The zero-order chi connectivity index (χ0) is 17.4. The summed E-state index contributed by atoms with van der Waals surface area (Å²) in [6, 6.07) is 11.1. The molecule has 0 unspecified atom stereocenters. The molecule has 6 heteroatoms. The molecule has 2 aromatic rings. The third-order valence-corrected chi connectivity index (χ3v) is 4.43. The largest absolute Gasteiger partial charge is 0.494 e. The first kappa shape index (κ1) is 18.4. The molecule has 0 aliphatic heterocycles. The maximum absolute atomic E-state index is 12.2. The smallest absolute Gasteiger partial charge is 0.257 e. The molecule has 0 bridgehead atoms. The molecule has 0 aliphatic rings. The second-order valence-electron chi connectivity index (χ2n) is 5.77. The first-order valence-corrected chi connectivity index (χ1v) is 9.18. The highest BCUT2D eigenvalue weighted by molar-refractivity contribution is 7.80. The number of hydrogen-bond donors (Lipinski definition) is 2. The average molecular weight is 363 g/mol. The number of thiocarbonyl (C=S) groups is 1. The summed E-state index contributed by atoms with van der Waals surface area (Å²) in [4.78, 5) is 13.3. The van der Waals surface area contributed by atoms with E-state index in [9.17, 15) is 4.79 Å². The Bertz CT molecular complexity index is 652. The van der Waals surface area contributed by atoms with Gasteiger partial charge in [-0.25, -0.2) is 0 Å². The summed E-state index contributed by atoms with van der Waals surface area (Å²) < 4.78 is 5.64. The minimum atomic E-state index is -0.229. The summed E-state index contributed by atoms with van der Waals surface area (Å²) in [6.45, 7) is 5.61. The molecule has 2 rings (SSSR count). The quantitative estimate of drug-likeness (QED) is 0.732. The molecular formula is C18H22N2O2S2. The molecule has 0 saturated heterocycles. The van der Waals surface area contributed by atoms with E-state index in [1.165, 1.54) is 0 Å². The van der Waals surface area contributed by atoms with E-state index in [0.717, 1.165) is 17.0 Å². The van der Waals surface area contributed by atoms with Gasteiger partial charge in [0, 0.05) is 10.4 Å². The molecule has 1 aromatic heterocycles. The lowest BCUT2D eigenvalue weighted by atomic mass is 10.1. The van der Waals surface area contributed by atoms with E-state index in [1.807, 2.05) is 17.5 Å². The summed E-state index contributed by atoms with van der Waals surface area (Å²) in [5.74, 6) is 1.15. The molecule has 1 heterocycles. The van der Waals surface area contributed by atoms with Crippen LogP contribution in [0.3, 0.4) is 0 Å². The Balaban J connectivity index is 1.78. The summed E-state index contributed by atoms with van der Waals surface area (Å²) >= 11 is 6.79. The van der Waals surface area contributed by atoms with Crippen LogP contribution in [0.2, 0.25) is 0 Å². The Morgan fingerprint density at radius 3 is 2.62 bits per heavy atom. The SMILES string of the molecule is CC(C)CCOc1ccc(C(=O)NC(=S)NCc2cccs2)cc1. The molecule has 128 valence electrons. The fourth-order valence-corrected chi connectivity index (χ4v) is 2.72. The highest BCUT2D eigenvalue weighted by atomic mass is 32.1. The van der Waals surface area contributed by atoms with E-state index in [2.05, 4.69) is 24.5 Å². The highest BCUT2D eigenvalue weighted by Crippen LogP contribution is 2.13. The molecule has 0 atom stereocenters. The monoisotopic (exact) mass is 362 g/mol. The first-order chi connectivity index (χ1) is 11.5. The molecule has 0 spiro atoms. The van der Waals surface area contributed by atoms with Gasteiger partial charge in [-0.15, -0.1) is 11.3 Å². The normalized spacial score (nSPS) is 10.5. The molecular weight excluding hydrogens is 340 g/mol. The third kappa shape index (κ3) is 6.29. The molecule has 0 radical (unpaired) electrons. The summed E-state index contributed by atoms with van der Waals surface area (Å²) in [5, 5.41) is 8.03. The summed E-state index contributed by atoms with van der Waals surface area (Å²) in [7, 11) is 0. The number of carbonyl (C=O) groups is 1. The predicted octanol–water partition coefficient (Wildman–Crippen LogP) is 3.98. The van der Waals surface area contributed by atoms with Crippen LogP contribution in [0.25, 0.3) is 0 Å². The van der Waals surface area contributed by atoms with E-state index in [4.69, 9.17) is 17.0 Å². The van der Waals surface area contributed by atoms with Gasteiger partial charge in [-0.3, -0.25) is 10.1 Å². The van der Waals surface area contributed by atoms with Crippen molar-refractivity contribution in [2.75, 3.05) is 6.61 Å². The number of nitrogens with one attached hydrogen (secondary N) is 2. The second-order valence-corrected chi connectivity index (χ2v) is 7.21. The Kier molecular flexibility index (Phi) is 7.21. The molecule has 4 nitrogen and oxygen atoms in total. The van der Waals surface area contributed by atoms with Gasteiger partial charge < -0.3 is 10.1 Å². The van der Waals surface area contributed by atoms with Crippen LogP contribution in [0.5, 0.6) is 5.75 Å². The van der Waals surface area contributed by atoms with Gasteiger partial charge in [0.1, 0.15) is 5.75 Å². The van der Waals surface area contributed by atoms with E-state index in [0.29, 0.717) is 29.7 Å². The minimum Gasteiger partial charge on any atom is -0.494 e. The molecule has 0 fully saturated rings. The van der Waals surface area contributed by atoms with Crippen LogP contribution in [0, 0.1) is 5.92 Å². The number of ether oxygens (including phenoxy) is 1. The average Bonchev–Trinajstić information content (AvgIpc) is 3.06. The second kappa shape index (κ2) is 9.39. The van der Waals surface area contributed by atoms with Crippen LogP contribution >= 0.6 is 23.6 Å². The maximum atomic E-state index is 12.2. The molecule has 24 heavy (non-hydrogen) atoms.